The minimum Gasteiger partial charge on any atom is -0.456 e. The van der Waals surface area contributed by atoms with E-state index in [4.69, 9.17) is 8.83 Å². The number of halogens is 1. The molecule has 34 heavy (non-hydrogen) atoms. The molecule has 170 valence electrons. The maximum absolute atomic E-state index is 12.9. The van der Waals surface area contributed by atoms with Gasteiger partial charge in [-0.1, -0.05) is 61.0 Å². The molecular formula is C28H22BrNO4. The number of nitrogens with one attached hydrogen (secondary N) is 1. The van der Waals surface area contributed by atoms with Crippen LogP contribution in [0.2, 0.25) is 0 Å². The number of amides is 1. The number of fused-ring (bicyclic) bond motifs is 2. The van der Waals surface area contributed by atoms with Crippen molar-refractivity contribution in [1.82, 2.24) is 0 Å². The highest BCUT2D eigenvalue weighted by Gasteiger charge is 2.16. The second kappa shape index (κ2) is 8.29. The smallest absolute Gasteiger partial charge is 0.291 e. The van der Waals surface area contributed by atoms with Gasteiger partial charge < -0.3 is 14.2 Å². The molecule has 5 rings (SSSR count). The van der Waals surface area contributed by atoms with Crippen LogP contribution >= 0.6 is 15.9 Å². The van der Waals surface area contributed by atoms with Gasteiger partial charge in [0.15, 0.2) is 11.2 Å². The van der Waals surface area contributed by atoms with E-state index in [9.17, 15) is 9.59 Å². The molecule has 0 atom stereocenters. The summed E-state index contributed by atoms with van der Waals surface area (Å²) in [6.07, 6.45) is 0. The monoisotopic (exact) mass is 515 g/mol. The van der Waals surface area contributed by atoms with Crippen molar-refractivity contribution in [2.45, 2.75) is 26.2 Å². The molecule has 0 saturated carbocycles. The van der Waals surface area contributed by atoms with Crippen LogP contribution in [-0.2, 0) is 5.41 Å². The van der Waals surface area contributed by atoms with E-state index in [0.717, 1.165) is 15.4 Å². The Morgan fingerprint density at radius 2 is 1.59 bits per heavy atom. The van der Waals surface area contributed by atoms with E-state index < -0.39 is 5.91 Å². The molecule has 0 aliphatic carbocycles. The Balaban J connectivity index is 1.42. The van der Waals surface area contributed by atoms with E-state index >= 15 is 0 Å². The van der Waals surface area contributed by atoms with Crippen molar-refractivity contribution in [3.05, 3.63) is 98.8 Å². The average Bonchev–Trinajstić information content (AvgIpc) is 3.22. The zero-order chi connectivity index (χ0) is 24.0. The van der Waals surface area contributed by atoms with Crippen LogP contribution in [0.3, 0.4) is 0 Å². The molecular weight excluding hydrogens is 494 g/mol. The predicted octanol–water partition coefficient (Wildman–Crippen LogP) is 7.52. The van der Waals surface area contributed by atoms with Crippen LogP contribution in [0.4, 0.5) is 5.69 Å². The highest BCUT2D eigenvalue weighted by molar-refractivity contribution is 9.10. The molecule has 2 aromatic heterocycles. The van der Waals surface area contributed by atoms with Crippen LogP contribution in [0.1, 0.15) is 36.9 Å². The molecule has 0 fully saturated rings. The van der Waals surface area contributed by atoms with Gasteiger partial charge in [-0.2, -0.15) is 0 Å². The van der Waals surface area contributed by atoms with E-state index in [-0.39, 0.29) is 16.6 Å². The number of hydrogen-bond acceptors (Lipinski definition) is 4. The third-order valence-electron chi connectivity index (χ3n) is 5.72. The topological polar surface area (TPSA) is 72.5 Å². The van der Waals surface area contributed by atoms with Crippen molar-refractivity contribution in [2.75, 3.05) is 5.32 Å². The number of benzene rings is 3. The Morgan fingerprint density at radius 3 is 2.32 bits per heavy atom. The van der Waals surface area contributed by atoms with E-state index in [1.165, 1.54) is 11.6 Å². The van der Waals surface area contributed by atoms with E-state index in [1.807, 2.05) is 24.3 Å². The van der Waals surface area contributed by atoms with Crippen LogP contribution in [-0.4, -0.2) is 5.91 Å². The van der Waals surface area contributed by atoms with Gasteiger partial charge in [0.25, 0.3) is 5.91 Å². The second-order valence-corrected chi connectivity index (χ2v) is 10.2. The summed E-state index contributed by atoms with van der Waals surface area (Å²) in [7, 11) is 0. The molecule has 0 aliphatic heterocycles. The molecule has 6 heteroatoms. The first-order chi connectivity index (χ1) is 16.2. The minimum atomic E-state index is -0.397. The van der Waals surface area contributed by atoms with Crippen LogP contribution in [0.25, 0.3) is 33.3 Å². The Bertz CT molecular complexity index is 1600. The number of furan rings is 1. The number of anilines is 1. The fourth-order valence-corrected chi connectivity index (χ4v) is 4.21. The number of hydrogen-bond donors (Lipinski definition) is 1. The lowest BCUT2D eigenvalue weighted by Gasteiger charge is -2.19. The molecule has 1 N–H and O–H groups in total. The first-order valence-electron chi connectivity index (χ1n) is 10.9. The maximum Gasteiger partial charge on any atom is 0.291 e. The fraction of sp³-hybridized carbons (Fsp3) is 0.143. The fourth-order valence-electron chi connectivity index (χ4n) is 3.83. The SMILES string of the molecule is CC(C)(C)c1ccc(-c2cc(=O)c3cc(NC(=O)c4cc5cc(Br)ccc5o4)ccc3o2)cc1. The predicted molar refractivity (Wildman–Crippen MR) is 138 cm³/mol. The normalized spacial score (nSPS) is 11.8. The van der Waals surface area contributed by atoms with Gasteiger partial charge in [-0.05, 0) is 53.4 Å². The van der Waals surface area contributed by atoms with Gasteiger partial charge in [-0.3, -0.25) is 9.59 Å². The lowest BCUT2D eigenvalue weighted by atomic mass is 9.86. The molecule has 2 heterocycles. The summed E-state index contributed by atoms with van der Waals surface area (Å²) >= 11 is 3.41. The van der Waals surface area contributed by atoms with Crippen LogP contribution in [0, 0.1) is 0 Å². The van der Waals surface area contributed by atoms with Gasteiger partial charge in [-0.25, -0.2) is 0 Å². The summed E-state index contributed by atoms with van der Waals surface area (Å²) in [6.45, 7) is 6.46. The molecule has 0 spiro atoms. The minimum absolute atomic E-state index is 0.0445. The Kier molecular flexibility index (Phi) is 5.41. The third kappa shape index (κ3) is 4.29. The first kappa shape index (κ1) is 22.2. The van der Waals surface area contributed by atoms with Crippen LogP contribution < -0.4 is 10.7 Å². The highest BCUT2D eigenvalue weighted by Crippen LogP contribution is 2.28. The van der Waals surface area contributed by atoms with Crippen LogP contribution in [0.5, 0.6) is 0 Å². The van der Waals surface area contributed by atoms with E-state index in [1.54, 1.807) is 30.3 Å². The van der Waals surface area contributed by atoms with Gasteiger partial charge in [0.05, 0.1) is 5.39 Å². The van der Waals surface area contributed by atoms with Crippen molar-refractivity contribution in [3.8, 4) is 11.3 Å². The number of carbonyl (C=O) groups excluding carboxylic acids is 1. The summed E-state index contributed by atoms with van der Waals surface area (Å²) < 4.78 is 12.6. The highest BCUT2D eigenvalue weighted by atomic mass is 79.9. The third-order valence-corrected chi connectivity index (χ3v) is 6.22. The van der Waals surface area contributed by atoms with Crippen LogP contribution in [0.15, 0.2) is 90.9 Å². The van der Waals surface area contributed by atoms with Crippen molar-refractivity contribution in [1.29, 1.82) is 0 Å². The molecule has 0 aliphatic rings. The van der Waals surface area contributed by atoms with Gasteiger partial charge in [-0.15, -0.1) is 0 Å². The standard InChI is InChI=1S/C28H22BrNO4/c1-28(2,3)18-6-4-16(5-7-18)25-15-22(31)21-14-20(9-11-24(21)34-25)30-27(32)26-13-17-12-19(29)8-10-23(17)33-26/h4-15H,1-3H3,(H,30,32). The van der Waals surface area contributed by atoms with Crippen molar-refractivity contribution in [3.63, 3.8) is 0 Å². The molecule has 5 nitrogen and oxygen atoms in total. The number of carbonyl (C=O) groups is 1. The lowest BCUT2D eigenvalue weighted by Crippen LogP contribution is -2.11. The van der Waals surface area contributed by atoms with Gasteiger partial charge in [0.1, 0.15) is 16.9 Å². The first-order valence-corrected chi connectivity index (χ1v) is 11.7. The summed E-state index contributed by atoms with van der Waals surface area (Å²) in [5.41, 5.74) is 3.46. The Morgan fingerprint density at radius 1 is 0.853 bits per heavy atom. The molecule has 5 aromatic rings. The summed E-state index contributed by atoms with van der Waals surface area (Å²) in [4.78, 5) is 25.6. The quantitative estimate of drug-likeness (QED) is 0.269. The molecule has 0 unspecified atom stereocenters. The summed E-state index contributed by atoms with van der Waals surface area (Å²) in [5, 5.41) is 4.01. The second-order valence-electron chi connectivity index (χ2n) is 9.26. The zero-order valence-electron chi connectivity index (χ0n) is 18.9. The molecule has 0 saturated heterocycles. The Labute approximate surface area is 204 Å². The lowest BCUT2D eigenvalue weighted by molar-refractivity contribution is 0.0998. The molecule has 0 bridgehead atoms. The largest absolute Gasteiger partial charge is 0.456 e. The van der Waals surface area contributed by atoms with Crippen molar-refractivity contribution >= 4 is 49.5 Å². The summed E-state index contributed by atoms with van der Waals surface area (Å²) in [6, 6.07) is 21.7. The summed E-state index contributed by atoms with van der Waals surface area (Å²) in [5.74, 6) is 0.295. The molecule has 1 amide bonds. The average molecular weight is 516 g/mol. The maximum atomic E-state index is 12.9. The van der Waals surface area contributed by atoms with Crippen molar-refractivity contribution < 1.29 is 13.6 Å². The van der Waals surface area contributed by atoms with E-state index in [0.29, 0.717) is 28.0 Å². The van der Waals surface area contributed by atoms with Gasteiger partial charge >= 0.3 is 0 Å². The molecule has 0 radical (unpaired) electrons. The van der Waals surface area contributed by atoms with E-state index in [2.05, 4.69) is 54.2 Å². The van der Waals surface area contributed by atoms with Gasteiger partial charge in [0, 0.05) is 27.2 Å². The number of rotatable bonds is 3. The Hall–Kier alpha value is -3.64. The van der Waals surface area contributed by atoms with Crippen molar-refractivity contribution in [2.24, 2.45) is 0 Å². The zero-order valence-corrected chi connectivity index (χ0v) is 20.5. The molecule has 3 aromatic carbocycles. The van der Waals surface area contributed by atoms with Gasteiger partial charge in [0.2, 0.25) is 0 Å².